The Hall–Kier alpha value is -5.33. The van der Waals surface area contributed by atoms with E-state index < -0.39 is 36.2 Å². The van der Waals surface area contributed by atoms with Crippen LogP contribution in [0.3, 0.4) is 0 Å². The maximum atomic E-state index is 12.4. The van der Waals surface area contributed by atoms with Crippen molar-refractivity contribution < 1.29 is 65.2 Å². The Morgan fingerprint density at radius 2 is 1.41 bits per heavy atom. The average Bonchev–Trinajstić information content (AvgIpc) is 3.03. The van der Waals surface area contributed by atoms with Gasteiger partial charge in [-0.3, -0.25) is 14.6 Å². The highest BCUT2D eigenvalue weighted by Crippen LogP contribution is 2.38. The number of primary amides is 1. The van der Waals surface area contributed by atoms with E-state index in [-0.39, 0.29) is 17.4 Å². The molecule has 0 saturated carbocycles. The number of pyridine rings is 1. The third-order valence-corrected chi connectivity index (χ3v) is 6.64. The molecule has 0 aliphatic carbocycles. The summed E-state index contributed by atoms with van der Waals surface area (Å²) in [7, 11) is 0. The van der Waals surface area contributed by atoms with Crippen LogP contribution in [-0.2, 0) is 27.3 Å². The predicted molar refractivity (Wildman–Crippen MR) is 174 cm³/mol. The second kappa shape index (κ2) is 19.2. The quantitative estimate of drug-likeness (QED) is 0.131. The molecule has 19 heteroatoms. The minimum Gasteiger partial charge on any atom is -0.490 e. The summed E-state index contributed by atoms with van der Waals surface area (Å²) in [6.45, 7) is 10.9. The third kappa shape index (κ3) is 13.1. The molecule has 0 bridgehead atoms. The number of nitrogens with two attached hydrogens (primary N) is 2. The number of ether oxygens (including phenoxy) is 2. The van der Waals surface area contributed by atoms with Gasteiger partial charge in [0.15, 0.2) is 11.5 Å². The number of aromatic nitrogens is 1. The van der Waals surface area contributed by atoms with Gasteiger partial charge in [0.05, 0.1) is 36.0 Å². The lowest BCUT2D eigenvalue weighted by Crippen LogP contribution is -2.43. The summed E-state index contributed by atoms with van der Waals surface area (Å²) >= 11 is 0. The van der Waals surface area contributed by atoms with Gasteiger partial charge in [0, 0.05) is 29.9 Å². The van der Waals surface area contributed by atoms with E-state index in [9.17, 15) is 35.9 Å². The number of halogens is 6. The smallest absolute Gasteiger partial charge is 0.490 e. The Bertz CT molecular complexity index is 1660. The van der Waals surface area contributed by atoms with Gasteiger partial charge >= 0.3 is 24.3 Å². The first-order chi connectivity index (χ1) is 23.6. The zero-order chi connectivity index (χ0) is 39.3. The molecule has 282 valence electrons. The van der Waals surface area contributed by atoms with Crippen molar-refractivity contribution in [3.8, 4) is 11.5 Å². The van der Waals surface area contributed by atoms with Crippen LogP contribution in [0.5, 0.6) is 11.5 Å². The van der Waals surface area contributed by atoms with Crippen molar-refractivity contribution in [1.29, 1.82) is 0 Å². The Kier molecular flexibility index (Phi) is 16.4. The Balaban J connectivity index is 0.000000780. The van der Waals surface area contributed by atoms with Crippen molar-refractivity contribution in [3.05, 3.63) is 53.2 Å². The molecule has 1 atom stereocenters. The molecule has 2 amide bonds. The van der Waals surface area contributed by atoms with Crippen LogP contribution in [0.4, 0.5) is 37.7 Å². The number of carbonyl (C=O) groups excluding carboxylic acids is 2. The van der Waals surface area contributed by atoms with Crippen LogP contribution in [-0.4, -0.2) is 70.6 Å². The summed E-state index contributed by atoms with van der Waals surface area (Å²) in [6.07, 6.45) is -8.01. The first-order valence-electron chi connectivity index (χ1n) is 15.1. The summed E-state index contributed by atoms with van der Waals surface area (Å²) < 4.78 is 75.0. The topological polar surface area (TPSA) is 216 Å². The number of hydrogen-bond acceptors (Lipinski definition) is 9. The maximum absolute atomic E-state index is 12.4. The molecule has 3 rings (SSSR count). The van der Waals surface area contributed by atoms with Gasteiger partial charge in [0.1, 0.15) is 0 Å². The SMILES string of the molecule is CCOc1cc2ncc(C(N)=O)c(Nc3cccc(CNC(=O)[C@@H](N)C(C)C)c3CC)c2cc1OCC.O=C(O)C(F)(F)F.O=C(O)C(F)(F)F. The van der Waals surface area contributed by atoms with Crippen molar-refractivity contribution in [1.82, 2.24) is 10.3 Å². The number of carboxylic acid groups (broad SMARTS) is 2. The van der Waals surface area contributed by atoms with Gasteiger partial charge in [-0.05, 0) is 49.4 Å². The molecular weight excluding hydrogens is 696 g/mol. The molecular formula is C32H39F6N5O8. The van der Waals surface area contributed by atoms with E-state index in [1.54, 1.807) is 6.07 Å². The number of benzene rings is 2. The van der Waals surface area contributed by atoms with Crippen LogP contribution in [0.15, 0.2) is 36.5 Å². The lowest BCUT2D eigenvalue weighted by Gasteiger charge is -2.20. The second-order valence-corrected chi connectivity index (χ2v) is 10.6. The number of nitrogens with one attached hydrogen (secondary N) is 2. The minimum absolute atomic E-state index is 0.0376. The van der Waals surface area contributed by atoms with Crippen LogP contribution >= 0.6 is 0 Å². The minimum atomic E-state index is -5.08. The molecule has 0 fully saturated rings. The van der Waals surface area contributed by atoms with Crippen molar-refractivity contribution in [3.63, 3.8) is 0 Å². The van der Waals surface area contributed by atoms with Crippen LogP contribution in [0.25, 0.3) is 10.9 Å². The molecule has 3 aromatic rings. The predicted octanol–water partition coefficient (Wildman–Crippen LogP) is 5.30. The summed E-state index contributed by atoms with van der Waals surface area (Å²) in [5.74, 6) is -5.14. The number of fused-ring (bicyclic) bond motifs is 1. The fourth-order valence-electron chi connectivity index (χ4n) is 4.13. The molecule has 0 unspecified atom stereocenters. The number of hydrogen-bond donors (Lipinski definition) is 6. The van der Waals surface area contributed by atoms with E-state index in [0.717, 1.165) is 16.8 Å². The molecule has 0 aliphatic heterocycles. The molecule has 1 aromatic heterocycles. The largest absolute Gasteiger partial charge is 0.490 e. The number of rotatable bonds is 12. The summed E-state index contributed by atoms with van der Waals surface area (Å²) in [5, 5.41) is 21.3. The standard InChI is InChI=1S/C28H37N5O4.2C2HF3O2/c1-6-18-17(14-32-28(35)25(29)16(4)5)10-9-11-21(18)33-26-19-12-23(36-7-2)24(37-8-3)13-22(19)31-15-20(26)27(30)34;2*3-2(4,5)1(6)7/h9-13,15-16,25H,6-8,14,29H2,1-5H3,(H2,30,34)(H,31,33)(H,32,35);2*(H,6,7)/t25-;;/m0../s1. The van der Waals surface area contributed by atoms with Crippen molar-refractivity contribution in [2.24, 2.45) is 17.4 Å². The van der Waals surface area contributed by atoms with Crippen LogP contribution in [0, 0.1) is 5.92 Å². The molecule has 2 aromatic carbocycles. The number of carbonyl (C=O) groups is 4. The zero-order valence-corrected chi connectivity index (χ0v) is 28.2. The number of nitrogens with zero attached hydrogens (tertiary/aromatic N) is 1. The van der Waals surface area contributed by atoms with E-state index >= 15 is 0 Å². The van der Waals surface area contributed by atoms with Gasteiger partial charge in [-0.1, -0.05) is 32.9 Å². The first-order valence-corrected chi connectivity index (χ1v) is 15.1. The highest BCUT2D eigenvalue weighted by Gasteiger charge is 2.39. The van der Waals surface area contributed by atoms with Gasteiger partial charge in [0.2, 0.25) is 5.91 Å². The van der Waals surface area contributed by atoms with E-state index in [4.69, 9.17) is 40.7 Å². The van der Waals surface area contributed by atoms with Crippen molar-refractivity contribution >= 4 is 46.0 Å². The van der Waals surface area contributed by atoms with Crippen LogP contribution in [0.2, 0.25) is 0 Å². The van der Waals surface area contributed by atoms with Crippen molar-refractivity contribution in [2.45, 2.75) is 66.0 Å². The number of anilines is 2. The van der Waals surface area contributed by atoms with E-state index in [1.165, 1.54) is 6.20 Å². The van der Waals surface area contributed by atoms with Crippen LogP contribution in [0.1, 0.15) is 56.1 Å². The molecule has 0 spiro atoms. The van der Waals surface area contributed by atoms with E-state index in [0.29, 0.717) is 54.3 Å². The molecule has 8 N–H and O–H groups in total. The van der Waals surface area contributed by atoms with E-state index in [2.05, 4.69) is 15.6 Å². The van der Waals surface area contributed by atoms with Crippen LogP contribution < -0.4 is 31.6 Å². The molecule has 51 heavy (non-hydrogen) atoms. The second-order valence-electron chi connectivity index (χ2n) is 10.6. The average molecular weight is 736 g/mol. The molecule has 0 radical (unpaired) electrons. The Morgan fingerprint density at radius 3 is 1.84 bits per heavy atom. The lowest BCUT2D eigenvalue weighted by molar-refractivity contribution is -0.193. The van der Waals surface area contributed by atoms with Gasteiger partial charge in [-0.2, -0.15) is 26.3 Å². The summed E-state index contributed by atoms with van der Waals surface area (Å²) in [6, 6.07) is 8.83. The molecule has 13 nitrogen and oxygen atoms in total. The number of amides is 2. The fourth-order valence-corrected chi connectivity index (χ4v) is 4.13. The summed E-state index contributed by atoms with van der Waals surface area (Å²) in [4.78, 5) is 47.1. The molecule has 1 heterocycles. The van der Waals surface area contributed by atoms with Crippen molar-refractivity contribution in [2.75, 3.05) is 18.5 Å². The Labute approximate surface area is 288 Å². The summed E-state index contributed by atoms with van der Waals surface area (Å²) in [5.41, 5.74) is 15.9. The highest BCUT2D eigenvalue weighted by atomic mass is 19.4. The van der Waals surface area contributed by atoms with Gasteiger partial charge < -0.3 is 41.8 Å². The number of alkyl halides is 6. The third-order valence-electron chi connectivity index (χ3n) is 6.64. The first kappa shape index (κ1) is 43.7. The molecule has 0 aliphatic rings. The Morgan fingerprint density at radius 1 is 0.902 bits per heavy atom. The van der Waals surface area contributed by atoms with Gasteiger partial charge in [0.25, 0.3) is 5.91 Å². The van der Waals surface area contributed by atoms with E-state index in [1.807, 2.05) is 58.9 Å². The number of aliphatic carboxylic acids is 2. The highest BCUT2D eigenvalue weighted by molar-refractivity contribution is 6.08. The normalized spacial score (nSPS) is 11.7. The maximum Gasteiger partial charge on any atom is 0.490 e. The monoisotopic (exact) mass is 735 g/mol. The molecule has 0 saturated heterocycles. The zero-order valence-electron chi connectivity index (χ0n) is 28.2. The van der Waals surface area contributed by atoms with Gasteiger partial charge in [-0.25, -0.2) is 9.59 Å². The lowest BCUT2D eigenvalue weighted by atomic mass is 10.0. The fraction of sp³-hybridized carbons (Fsp3) is 0.406. The van der Waals surface area contributed by atoms with Gasteiger partial charge in [-0.15, -0.1) is 0 Å². The number of carboxylic acids is 2.